The van der Waals surface area contributed by atoms with E-state index < -0.39 is 5.41 Å². The monoisotopic (exact) mass is 428 g/mol. The zero-order valence-electron chi connectivity index (χ0n) is 13.7. The molecule has 5 nitrogen and oxygen atoms in total. The van der Waals surface area contributed by atoms with Gasteiger partial charge in [-0.05, 0) is 19.8 Å². The molecule has 1 aliphatic rings. The number of hydrogen-bond acceptors (Lipinski definition) is 3. The van der Waals surface area contributed by atoms with Crippen molar-refractivity contribution in [3.63, 3.8) is 0 Å². The Morgan fingerprint density at radius 3 is 2.62 bits per heavy atom. The molecule has 0 saturated carbocycles. The van der Waals surface area contributed by atoms with Gasteiger partial charge in [0.05, 0.1) is 5.41 Å². The first kappa shape index (κ1) is 20.8. The zero-order chi connectivity index (χ0) is 15.3. The quantitative estimate of drug-likeness (QED) is 0.407. The molecule has 1 heterocycles. The first-order valence-corrected chi connectivity index (χ1v) is 8.20. The Labute approximate surface area is 149 Å². The molecule has 0 bridgehead atoms. The smallest absolute Gasteiger partial charge is 0.224 e. The molecule has 1 rings (SSSR count). The SMILES string of the molecule is CN=C(NCC(C)(C)C(N)=O)N1CCSC(C(C)C)C1.I. The van der Waals surface area contributed by atoms with Crippen molar-refractivity contribution in [3.05, 3.63) is 0 Å². The van der Waals surface area contributed by atoms with Crippen LogP contribution in [0.2, 0.25) is 0 Å². The topological polar surface area (TPSA) is 70.7 Å². The van der Waals surface area contributed by atoms with Gasteiger partial charge < -0.3 is 16.0 Å². The molecule has 0 aliphatic carbocycles. The van der Waals surface area contributed by atoms with Gasteiger partial charge in [0.15, 0.2) is 5.96 Å². The number of rotatable bonds is 4. The molecule has 3 N–H and O–H groups in total. The summed E-state index contributed by atoms with van der Waals surface area (Å²) in [6.07, 6.45) is 0. The Bertz CT molecular complexity index is 374. The number of carbonyl (C=O) groups is 1. The second-order valence-electron chi connectivity index (χ2n) is 6.25. The van der Waals surface area contributed by atoms with Gasteiger partial charge in [0.1, 0.15) is 0 Å². The molecule has 1 amide bonds. The van der Waals surface area contributed by atoms with E-state index in [1.165, 1.54) is 0 Å². The number of nitrogens with zero attached hydrogens (tertiary/aromatic N) is 2. The number of nitrogens with one attached hydrogen (secondary N) is 1. The largest absolute Gasteiger partial charge is 0.369 e. The molecule has 1 saturated heterocycles. The van der Waals surface area contributed by atoms with Crippen molar-refractivity contribution >= 4 is 47.6 Å². The Morgan fingerprint density at radius 2 is 2.14 bits per heavy atom. The molecule has 0 aromatic carbocycles. The molecule has 0 aromatic heterocycles. The summed E-state index contributed by atoms with van der Waals surface area (Å²) in [6.45, 7) is 10.7. The summed E-state index contributed by atoms with van der Waals surface area (Å²) in [7, 11) is 1.78. The highest BCUT2D eigenvalue weighted by Crippen LogP contribution is 2.25. The lowest BCUT2D eigenvalue weighted by molar-refractivity contribution is -0.125. The molecule has 1 unspecified atom stereocenters. The number of hydrogen-bond donors (Lipinski definition) is 2. The average Bonchev–Trinajstić information content (AvgIpc) is 2.39. The van der Waals surface area contributed by atoms with Crippen molar-refractivity contribution in [3.8, 4) is 0 Å². The Kier molecular flexibility index (Phi) is 8.99. The summed E-state index contributed by atoms with van der Waals surface area (Å²) in [5.41, 5.74) is 4.83. The second-order valence-corrected chi connectivity index (χ2v) is 7.60. The first-order chi connectivity index (χ1) is 9.27. The van der Waals surface area contributed by atoms with Crippen LogP contribution in [0.3, 0.4) is 0 Å². The summed E-state index contributed by atoms with van der Waals surface area (Å²) in [4.78, 5) is 18.0. The molecule has 7 heteroatoms. The summed E-state index contributed by atoms with van der Waals surface area (Å²) in [5, 5.41) is 3.92. The van der Waals surface area contributed by atoms with Crippen molar-refractivity contribution in [1.29, 1.82) is 0 Å². The molecule has 0 spiro atoms. The van der Waals surface area contributed by atoms with E-state index in [0.717, 1.165) is 24.8 Å². The van der Waals surface area contributed by atoms with E-state index in [-0.39, 0.29) is 29.9 Å². The van der Waals surface area contributed by atoms with Gasteiger partial charge in [-0.25, -0.2) is 0 Å². The number of primary amides is 1. The van der Waals surface area contributed by atoms with E-state index in [4.69, 9.17) is 5.73 Å². The number of halogens is 1. The van der Waals surface area contributed by atoms with Crippen LogP contribution in [0, 0.1) is 11.3 Å². The van der Waals surface area contributed by atoms with Crippen LogP contribution in [0.4, 0.5) is 0 Å². The second kappa shape index (κ2) is 9.07. The minimum absolute atomic E-state index is 0. The van der Waals surface area contributed by atoms with Gasteiger partial charge >= 0.3 is 0 Å². The normalized spacial score (nSPS) is 20.2. The zero-order valence-corrected chi connectivity index (χ0v) is 16.8. The number of thioether (sulfide) groups is 1. The van der Waals surface area contributed by atoms with Crippen molar-refractivity contribution in [2.24, 2.45) is 22.1 Å². The third-order valence-corrected chi connectivity index (χ3v) is 5.24. The van der Waals surface area contributed by atoms with Crippen LogP contribution in [0.25, 0.3) is 0 Å². The third-order valence-electron chi connectivity index (χ3n) is 3.70. The standard InChI is InChI=1S/C14H28N4OS.HI/c1-10(2)11-8-18(6-7-20-11)13(16-5)17-9-14(3,4)12(15)19;/h10-11H,6-9H2,1-5H3,(H2,15,19)(H,16,17);1H. The van der Waals surface area contributed by atoms with Gasteiger partial charge in [0, 0.05) is 37.7 Å². The molecule has 1 aliphatic heterocycles. The van der Waals surface area contributed by atoms with Gasteiger partial charge in [-0.1, -0.05) is 13.8 Å². The van der Waals surface area contributed by atoms with Gasteiger partial charge in [0.25, 0.3) is 0 Å². The number of aliphatic imine (C=N–C) groups is 1. The Balaban J connectivity index is 0.00000400. The van der Waals surface area contributed by atoms with Crippen LogP contribution in [-0.4, -0.2) is 54.5 Å². The average molecular weight is 428 g/mol. The lowest BCUT2D eigenvalue weighted by Gasteiger charge is -2.37. The fourth-order valence-corrected chi connectivity index (χ4v) is 3.29. The minimum atomic E-state index is -0.572. The number of amides is 1. The van der Waals surface area contributed by atoms with Gasteiger partial charge in [-0.15, -0.1) is 24.0 Å². The van der Waals surface area contributed by atoms with Crippen LogP contribution < -0.4 is 11.1 Å². The van der Waals surface area contributed by atoms with E-state index in [9.17, 15) is 4.79 Å². The van der Waals surface area contributed by atoms with Crippen molar-refractivity contribution < 1.29 is 4.79 Å². The predicted molar refractivity (Wildman–Crippen MR) is 102 cm³/mol. The lowest BCUT2D eigenvalue weighted by Crippen LogP contribution is -2.52. The van der Waals surface area contributed by atoms with E-state index >= 15 is 0 Å². The van der Waals surface area contributed by atoms with Crippen molar-refractivity contribution in [2.45, 2.75) is 32.9 Å². The van der Waals surface area contributed by atoms with Crippen molar-refractivity contribution in [1.82, 2.24) is 10.2 Å². The molecule has 124 valence electrons. The summed E-state index contributed by atoms with van der Waals surface area (Å²) < 4.78 is 0. The van der Waals surface area contributed by atoms with E-state index in [0.29, 0.717) is 17.7 Å². The minimum Gasteiger partial charge on any atom is -0.369 e. The summed E-state index contributed by atoms with van der Waals surface area (Å²) >= 11 is 2.03. The predicted octanol–water partition coefficient (Wildman–Crippen LogP) is 1.76. The molecule has 1 fully saturated rings. The summed E-state index contributed by atoms with van der Waals surface area (Å²) in [5.74, 6) is 2.34. The molecular weight excluding hydrogens is 399 g/mol. The molecule has 21 heavy (non-hydrogen) atoms. The van der Waals surface area contributed by atoms with E-state index in [1.54, 1.807) is 7.05 Å². The molecule has 0 aromatic rings. The molecular formula is C14H29IN4OS. The van der Waals surface area contributed by atoms with E-state index in [1.807, 2.05) is 25.6 Å². The van der Waals surface area contributed by atoms with Crippen LogP contribution in [0.1, 0.15) is 27.7 Å². The third kappa shape index (κ3) is 6.22. The maximum absolute atomic E-state index is 11.4. The highest BCUT2D eigenvalue weighted by atomic mass is 127. The Hall–Kier alpha value is -0.180. The maximum atomic E-state index is 11.4. The van der Waals surface area contributed by atoms with E-state index in [2.05, 4.69) is 29.1 Å². The van der Waals surface area contributed by atoms with Gasteiger partial charge in [0.2, 0.25) is 5.91 Å². The van der Waals surface area contributed by atoms with Gasteiger partial charge in [-0.3, -0.25) is 9.79 Å². The van der Waals surface area contributed by atoms with Crippen LogP contribution in [0.15, 0.2) is 4.99 Å². The number of nitrogens with two attached hydrogens (primary N) is 1. The van der Waals surface area contributed by atoms with Crippen LogP contribution in [0.5, 0.6) is 0 Å². The maximum Gasteiger partial charge on any atom is 0.224 e. The highest BCUT2D eigenvalue weighted by molar-refractivity contribution is 14.0. The fourth-order valence-electron chi connectivity index (χ4n) is 1.99. The Morgan fingerprint density at radius 1 is 1.52 bits per heavy atom. The number of carbonyl (C=O) groups excluding carboxylic acids is 1. The molecule has 1 atom stereocenters. The fraction of sp³-hybridized carbons (Fsp3) is 0.857. The lowest BCUT2D eigenvalue weighted by atomic mass is 9.93. The van der Waals surface area contributed by atoms with Crippen LogP contribution in [-0.2, 0) is 4.79 Å². The van der Waals surface area contributed by atoms with Crippen molar-refractivity contribution in [2.75, 3.05) is 32.4 Å². The van der Waals surface area contributed by atoms with Crippen LogP contribution >= 0.6 is 35.7 Å². The first-order valence-electron chi connectivity index (χ1n) is 7.15. The molecule has 0 radical (unpaired) electrons. The number of guanidine groups is 1. The van der Waals surface area contributed by atoms with Gasteiger partial charge in [-0.2, -0.15) is 11.8 Å². The highest BCUT2D eigenvalue weighted by Gasteiger charge is 2.28. The summed E-state index contributed by atoms with van der Waals surface area (Å²) in [6, 6.07) is 0.